The van der Waals surface area contributed by atoms with Crippen LogP contribution in [0.2, 0.25) is 0 Å². The molecule has 68 heavy (non-hydrogen) atoms. The van der Waals surface area contributed by atoms with Crippen molar-refractivity contribution in [1.29, 1.82) is 0 Å². The van der Waals surface area contributed by atoms with Gasteiger partial charge < -0.3 is 34.3 Å². The zero-order valence-electron chi connectivity index (χ0n) is 43.2. The minimum absolute atomic E-state index is 0.161. The second kappa shape index (κ2) is 45.0. The maximum atomic E-state index is 12.9. The van der Waals surface area contributed by atoms with Gasteiger partial charge in [0, 0.05) is 12.8 Å². The van der Waals surface area contributed by atoms with Crippen LogP contribution in [0.25, 0.3) is 0 Å². The van der Waals surface area contributed by atoms with Gasteiger partial charge in [-0.05, 0) is 44.9 Å². The first-order valence-corrected chi connectivity index (χ1v) is 29.5. The number of carbonyl (C=O) groups is 2. The molecule has 0 spiro atoms. The summed E-state index contributed by atoms with van der Waals surface area (Å²) in [6.07, 6.45) is 43.8. The molecule has 2 unspecified atom stereocenters. The lowest BCUT2D eigenvalue weighted by molar-refractivity contribution is -0.297. The van der Waals surface area contributed by atoms with Gasteiger partial charge in [0.05, 0.1) is 6.61 Å². The van der Waals surface area contributed by atoms with Crippen molar-refractivity contribution in [3.63, 3.8) is 0 Å². The van der Waals surface area contributed by atoms with E-state index >= 15 is 0 Å². The summed E-state index contributed by atoms with van der Waals surface area (Å²) in [5.74, 6) is -2.02. The highest BCUT2D eigenvalue weighted by atomic mass is 32.2. The third-order valence-corrected chi connectivity index (χ3v) is 13.8. The van der Waals surface area contributed by atoms with Crippen LogP contribution < -0.4 is 0 Å². The molecule has 0 aliphatic carbocycles. The molecule has 1 aliphatic rings. The molecule has 0 amide bonds. The van der Waals surface area contributed by atoms with E-state index in [0.29, 0.717) is 19.3 Å². The smallest absolute Gasteiger partial charge is 0.306 e. The molecule has 6 atom stereocenters. The number of aliphatic hydroxyl groups is 3. The Morgan fingerprint density at radius 2 is 0.868 bits per heavy atom. The Morgan fingerprint density at radius 3 is 1.31 bits per heavy atom. The SMILES string of the molecule is CCCCCCCCCCCCCCCC/C=C/CC/C=C/CCCC(=O)OC[C@H](CO[C@H]1O[C@H](CS(=O)(=O)O)[C@@H](O)C(O)C1O)OC(=O)CCCCCCCCCCCCCCCCCCC. The minimum Gasteiger partial charge on any atom is -0.462 e. The molecule has 400 valence electrons. The molecule has 0 aromatic carbocycles. The van der Waals surface area contributed by atoms with E-state index in [0.717, 1.165) is 38.5 Å². The van der Waals surface area contributed by atoms with Crippen molar-refractivity contribution in [2.75, 3.05) is 19.0 Å². The minimum atomic E-state index is -4.61. The summed E-state index contributed by atoms with van der Waals surface area (Å²) >= 11 is 0. The fourth-order valence-electron chi connectivity index (χ4n) is 8.70. The molecule has 0 aromatic rings. The van der Waals surface area contributed by atoms with E-state index in [1.165, 1.54) is 173 Å². The van der Waals surface area contributed by atoms with Gasteiger partial charge in [0.1, 0.15) is 36.8 Å². The zero-order valence-corrected chi connectivity index (χ0v) is 44.0. The second-order valence-corrected chi connectivity index (χ2v) is 21.1. The lowest BCUT2D eigenvalue weighted by atomic mass is 10.00. The summed E-state index contributed by atoms with van der Waals surface area (Å²) in [6, 6.07) is 0. The Labute approximate surface area is 415 Å². The normalized spacial score (nSPS) is 19.3. The highest BCUT2D eigenvalue weighted by Gasteiger charge is 2.46. The number of esters is 2. The number of aliphatic hydroxyl groups excluding tert-OH is 3. The van der Waals surface area contributed by atoms with E-state index < -0.39 is 71.2 Å². The maximum absolute atomic E-state index is 12.9. The lowest BCUT2D eigenvalue weighted by Crippen LogP contribution is -2.60. The number of carbonyl (C=O) groups excluding carboxylic acids is 2. The third kappa shape index (κ3) is 38.8. The van der Waals surface area contributed by atoms with Crippen LogP contribution in [0.5, 0.6) is 0 Å². The number of unbranched alkanes of at least 4 members (excludes halogenated alkanes) is 32. The van der Waals surface area contributed by atoms with Gasteiger partial charge in [-0.3, -0.25) is 14.1 Å². The van der Waals surface area contributed by atoms with Crippen LogP contribution in [-0.4, -0.2) is 96.0 Å². The van der Waals surface area contributed by atoms with Gasteiger partial charge in [-0.15, -0.1) is 0 Å². The standard InChI is InChI=1S/C55H102O12S/c1-3-5-7-9-11-13-15-17-19-21-22-23-24-25-26-28-29-31-33-35-37-39-41-43-50(56)64-45-48(46-65-55-54(60)53(59)52(58)49(67-55)47-68(61,62)63)66-51(57)44-42-40-38-36-34-32-30-27-20-18-16-14-12-10-8-6-4-2/h28-29,35,37,48-49,52-55,58-60H,3-27,30-34,36,38-47H2,1-2H3,(H,61,62,63)/b29-28+,37-35+/t48-,49-,52-,53?,54?,55+/m1/s1. The molecular formula is C55H102O12S. The number of allylic oxidation sites excluding steroid dienone is 4. The first-order valence-electron chi connectivity index (χ1n) is 27.9. The summed E-state index contributed by atoms with van der Waals surface area (Å²) in [5.41, 5.74) is 0. The highest BCUT2D eigenvalue weighted by molar-refractivity contribution is 7.85. The third-order valence-electron chi connectivity index (χ3n) is 13.0. The van der Waals surface area contributed by atoms with Crippen molar-refractivity contribution in [1.82, 2.24) is 0 Å². The van der Waals surface area contributed by atoms with Crippen LogP contribution in [0.15, 0.2) is 24.3 Å². The first kappa shape index (κ1) is 64.1. The summed E-state index contributed by atoms with van der Waals surface area (Å²) in [6.45, 7) is 3.78. The predicted molar refractivity (Wildman–Crippen MR) is 275 cm³/mol. The molecule has 13 heteroatoms. The van der Waals surface area contributed by atoms with Crippen molar-refractivity contribution in [3.8, 4) is 0 Å². The van der Waals surface area contributed by atoms with Crippen molar-refractivity contribution in [2.24, 2.45) is 0 Å². The van der Waals surface area contributed by atoms with Gasteiger partial charge in [0.15, 0.2) is 12.4 Å². The number of rotatable bonds is 48. The molecule has 0 radical (unpaired) electrons. The van der Waals surface area contributed by atoms with Crippen molar-refractivity contribution in [2.45, 2.75) is 295 Å². The predicted octanol–water partition coefficient (Wildman–Crippen LogP) is 13.1. The molecule has 1 aliphatic heterocycles. The maximum Gasteiger partial charge on any atom is 0.306 e. The molecule has 1 rings (SSSR count). The molecule has 4 N–H and O–H groups in total. The Bertz CT molecular complexity index is 1340. The molecular weight excluding hydrogens is 885 g/mol. The van der Waals surface area contributed by atoms with Crippen molar-refractivity contribution < 1.29 is 56.8 Å². The van der Waals surface area contributed by atoms with Gasteiger partial charge in [-0.25, -0.2) is 0 Å². The van der Waals surface area contributed by atoms with Crippen LogP contribution >= 0.6 is 0 Å². The Hall–Kier alpha value is -1.87. The summed E-state index contributed by atoms with van der Waals surface area (Å²) in [5, 5.41) is 31.0. The topological polar surface area (TPSA) is 186 Å². The first-order chi connectivity index (χ1) is 33.0. The van der Waals surface area contributed by atoms with Crippen LogP contribution in [0.3, 0.4) is 0 Å². The van der Waals surface area contributed by atoms with Gasteiger partial charge in [0.2, 0.25) is 0 Å². The summed E-state index contributed by atoms with van der Waals surface area (Å²) < 4.78 is 54.3. The summed E-state index contributed by atoms with van der Waals surface area (Å²) in [4.78, 5) is 25.5. The van der Waals surface area contributed by atoms with E-state index in [9.17, 15) is 37.9 Å². The zero-order chi connectivity index (χ0) is 49.8. The van der Waals surface area contributed by atoms with Crippen LogP contribution in [-0.2, 0) is 38.7 Å². The van der Waals surface area contributed by atoms with Gasteiger partial charge >= 0.3 is 11.9 Å². The van der Waals surface area contributed by atoms with E-state index in [4.69, 9.17) is 18.9 Å². The molecule has 0 saturated carbocycles. The molecule has 0 bridgehead atoms. The number of ether oxygens (including phenoxy) is 4. The average Bonchev–Trinajstić information content (AvgIpc) is 3.31. The monoisotopic (exact) mass is 987 g/mol. The Morgan fingerprint density at radius 1 is 0.485 bits per heavy atom. The van der Waals surface area contributed by atoms with E-state index in [-0.39, 0.29) is 19.4 Å². The van der Waals surface area contributed by atoms with Crippen LogP contribution in [0.1, 0.15) is 258 Å². The Kier molecular flexibility index (Phi) is 42.5. The highest BCUT2D eigenvalue weighted by Crippen LogP contribution is 2.24. The summed E-state index contributed by atoms with van der Waals surface area (Å²) in [7, 11) is -4.61. The second-order valence-electron chi connectivity index (χ2n) is 19.6. The van der Waals surface area contributed by atoms with Crippen molar-refractivity contribution >= 4 is 22.1 Å². The number of hydrogen-bond acceptors (Lipinski definition) is 11. The van der Waals surface area contributed by atoms with Gasteiger partial charge in [0.25, 0.3) is 10.1 Å². The molecule has 1 fully saturated rings. The van der Waals surface area contributed by atoms with E-state index in [1.54, 1.807) is 0 Å². The van der Waals surface area contributed by atoms with Crippen LogP contribution in [0, 0.1) is 0 Å². The van der Waals surface area contributed by atoms with Crippen molar-refractivity contribution in [3.05, 3.63) is 24.3 Å². The van der Waals surface area contributed by atoms with Crippen LogP contribution in [0.4, 0.5) is 0 Å². The molecule has 0 aromatic heterocycles. The Balaban J connectivity index is 2.34. The van der Waals surface area contributed by atoms with Gasteiger partial charge in [-0.1, -0.05) is 224 Å². The molecule has 1 heterocycles. The van der Waals surface area contributed by atoms with E-state index in [2.05, 4.69) is 38.2 Å². The average molecular weight is 987 g/mol. The van der Waals surface area contributed by atoms with E-state index in [1.807, 2.05) is 0 Å². The largest absolute Gasteiger partial charge is 0.462 e. The molecule has 12 nitrogen and oxygen atoms in total. The fraction of sp³-hybridized carbons (Fsp3) is 0.891. The molecule has 1 saturated heterocycles. The lowest BCUT2D eigenvalue weighted by Gasteiger charge is -2.40. The number of hydrogen-bond donors (Lipinski definition) is 4. The fourth-order valence-corrected chi connectivity index (χ4v) is 9.39. The van der Waals surface area contributed by atoms with Gasteiger partial charge in [-0.2, -0.15) is 8.42 Å². The quantitative estimate of drug-likeness (QED) is 0.0196.